The smallest absolute Gasteiger partial charge is 0.326 e. The van der Waals surface area contributed by atoms with E-state index in [-0.39, 0.29) is 146 Å². The van der Waals surface area contributed by atoms with Crippen molar-refractivity contribution in [1.82, 2.24) is 73.7 Å². The molecule has 0 unspecified atom stereocenters. The molecule has 2 saturated heterocycles. The van der Waals surface area contributed by atoms with Crippen LogP contribution in [0.2, 0.25) is 0 Å². The summed E-state index contributed by atoms with van der Waals surface area (Å²) in [6, 6.07) is -4.89. The Labute approximate surface area is 698 Å². The maximum absolute atomic E-state index is 14.9. The zero-order chi connectivity index (χ0) is 88.1. The number of ether oxygens (including phenoxy) is 1. The van der Waals surface area contributed by atoms with Crippen LogP contribution in [-0.4, -0.2) is 259 Å². The Morgan fingerprint density at radius 1 is 0.504 bits per heavy atom. The Bertz CT molecular complexity index is 3730. The summed E-state index contributed by atoms with van der Waals surface area (Å²) < 4.78 is 5.39. The summed E-state index contributed by atoms with van der Waals surface area (Å²) in [5.41, 5.74) is 46.9. The number of primary amides is 1. The van der Waals surface area contributed by atoms with Gasteiger partial charge in [-0.3, -0.25) is 77.1 Å². The molecule has 119 heavy (non-hydrogen) atoms. The number of carboxylic acids is 1. The first-order chi connectivity index (χ1) is 56.7. The van der Waals surface area contributed by atoms with Gasteiger partial charge in [0.15, 0.2) is 24.1 Å². The van der Waals surface area contributed by atoms with Crippen LogP contribution in [-0.2, 0) is 83.1 Å². The number of aromatic amines is 1. The number of nitrogens with two attached hydrogens (primary N) is 8. The van der Waals surface area contributed by atoms with E-state index < -0.39 is 174 Å². The van der Waals surface area contributed by atoms with Gasteiger partial charge in [-0.25, -0.2) is 4.79 Å². The standard InChI is InChI=1S/C77H130N24O17S/c1-44(2)38-55(99-72(113)62-63(118-62)73(114)100-57(39-45(3)4)74(115)101-36-19-27-58(101)75(116)117)65(106)91-43-61(104)90-42-60(103)86-33-16-6-7-28-59(102)92-50(25-17-34-87-76(82)83)66(107)95-53(26-18-35-88-77(84)85)68(109)97-54(29-37-119-5)70(111)94-52(24-12-15-32-80)69(110)98-56(40-46-41-89-48-21-9-8-20-47(46)48)71(112)96-51(23-11-14-31-79)67(108)93-49(64(81)105)22-10-13-30-78/h8-9,20-21,41,44-45,49-58,62-63,89H,6-7,10-19,22-40,42-43,78-80H2,1-5H3,(H2,81,105)(H,86,103)(H,90,104)(H,91,106)(H,92,102)(H,93,108)(H,94,111)(H,95,107)(H,96,112)(H,97,109)(H,98,110)(H,99,113)(H,100,114)(H,116,117)(H4,82,83,87)(H4,84,85,88)/t49-,50-,51-,52-,53-,54-,55-,56-,57+,58+,62+,63+/m1/s1. The van der Waals surface area contributed by atoms with Gasteiger partial charge >= 0.3 is 5.97 Å². The minimum absolute atomic E-state index is 0.0103. The van der Waals surface area contributed by atoms with E-state index in [4.69, 9.17) is 50.6 Å². The molecule has 0 saturated carbocycles. The Hall–Kier alpha value is -10.5. The minimum atomic E-state index is -1.37. The van der Waals surface area contributed by atoms with Crippen molar-refractivity contribution in [2.24, 2.45) is 67.7 Å². The molecule has 41 nitrogen and oxygen atoms in total. The lowest BCUT2D eigenvalue weighted by molar-refractivity contribution is -0.149. The summed E-state index contributed by atoms with van der Waals surface area (Å²) in [7, 11) is 0. The zero-order valence-corrected chi connectivity index (χ0v) is 70.0. The van der Waals surface area contributed by atoms with Gasteiger partial charge < -0.3 is 129 Å². The zero-order valence-electron chi connectivity index (χ0n) is 69.2. The Morgan fingerprint density at radius 2 is 0.958 bits per heavy atom. The molecule has 2 aromatic rings. The van der Waals surface area contributed by atoms with E-state index in [2.05, 4.69) is 78.8 Å². The van der Waals surface area contributed by atoms with Crippen LogP contribution < -0.4 is 110 Å². The number of aliphatic carboxylic acids is 1. The number of carbonyl (C=O) groups excluding carboxylic acids is 14. The predicted octanol–water partition coefficient (Wildman–Crippen LogP) is -4.35. The number of amides is 14. The number of thioether (sulfide) groups is 1. The number of likely N-dealkylation sites (tertiary alicyclic amines) is 1. The molecule has 14 amide bonds. The van der Waals surface area contributed by atoms with E-state index in [0.29, 0.717) is 82.1 Å². The number of para-hydroxylation sites is 1. The lowest BCUT2D eigenvalue weighted by atomic mass is 10.0. The van der Waals surface area contributed by atoms with Crippen molar-refractivity contribution in [3.63, 3.8) is 0 Å². The monoisotopic (exact) mass is 1690 g/mol. The number of carboxylic acid groups (broad SMARTS) is 1. The van der Waals surface area contributed by atoms with Gasteiger partial charge in [0.1, 0.15) is 60.4 Å². The van der Waals surface area contributed by atoms with Gasteiger partial charge in [0, 0.05) is 56.1 Å². The summed E-state index contributed by atoms with van der Waals surface area (Å²) in [6.45, 7) is 7.55. The third kappa shape index (κ3) is 38.0. The molecule has 2 aliphatic rings. The number of carbonyl (C=O) groups is 15. The van der Waals surface area contributed by atoms with Gasteiger partial charge in [-0.2, -0.15) is 11.8 Å². The molecule has 666 valence electrons. The van der Waals surface area contributed by atoms with Crippen LogP contribution in [0.4, 0.5) is 0 Å². The normalized spacial score (nSPS) is 16.4. The van der Waals surface area contributed by atoms with Crippen molar-refractivity contribution in [3.05, 3.63) is 36.0 Å². The molecule has 42 heteroatoms. The number of hydrogen-bond donors (Lipinski definition) is 22. The summed E-state index contributed by atoms with van der Waals surface area (Å²) in [6.07, 6.45) is 6.20. The molecule has 3 heterocycles. The number of epoxide rings is 1. The second kappa shape index (κ2) is 54.6. The highest BCUT2D eigenvalue weighted by molar-refractivity contribution is 7.98. The highest BCUT2D eigenvalue weighted by atomic mass is 32.2. The van der Waals surface area contributed by atoms with E-state index in [1.54, 1.807) is 32.4 Å². The van der Waals surface area contributed by atoms with Gasteiger partial charge in [-0.15, -0.1) is 0 Å². The minimum Gasteiger partial charge on any atom is -0.480 e. The van der Waals surface area contributed by atoms with E-state index in [1.165, 1.54) is 16.7 Å². The number of rotatable bonds is 60. The molecule has 12 atom stereocenters. The molecule has 1 aromatic carbocycles. The summed E-state index contributed by atoms with van der Waals surface area (Å²) in [4.78, 5) is 217. The van der Waals surface area contributed by atoms with Gasteiger partial charge in [-0.05, 0) is 184 Å². The molecule has 0 radical (unpaired) electrons. The molecule has 0 aliphatic carbocycles. The van der Waals surface area contributed by atoms with Crippen molar-refractivity contribution in [3.8, 4) is 0 Å². The van der Waals surface area contributed by atoms with E-state index in [1.807, 2.05) is 32.0 Å². The average Bonchev–Trinajstić information content (AvgIpc) is 1.64. The van der Waals surface area contributed by atoms with Crippen LogP contribution in [0.3, 0.4) is 0 Å². The third-order valence-electron chi connectivity index (χ3n) is 19.7. The number of H-pyrrole nitrogens is 1. The maximum atomic E-state index is 14.9. The van der Waals surface area contributed by atoms with Crippen molar-refractivity contribution in [2.75, 3.05) is 70.9 Å². The number of aliphatic imine (C=N–C) groups is 2. The van der Waals surface area contributed by atoms with Gasteiger partial charge in [0.05, 0.1) is 13.1 Å². The van der Waals surface area contributed by atoms with Gasteiger partial charge in [-0.1, -0.05) is 52.3 Å². The van der Waals surface area contributed by atoms with Crippen molar-refractivity contribution in [1.29, 1.82) is 0 Å². The van der Waals surface area contributed by atoms with Gasteiger partial charge in [0.25, 0.3) is 11.8 Å². The maximum Gasteiger partial charge on any atom is 0.326 e. The fourth-order valence-electron chi connectivity index (χ4n) is 13.3. The molecule has 0 spiro atoms. The molecule has 0 bridgehead atoms. The Balaban J connectivity index is 1.39. The van der Waals surface area contributed by atoms with Crippen LogP contribution in [0.15, 0.2) is 40.4 Å². The fraction of sp³-hybridized carbons (Fsp3) is 0.675. The number of benzene rings is 1. The van der Waals surface area contributed by atoms with Crippen LogP contribution in [0, 0.1) is 11.8 Å². The summed E-state index contributed by atoms with van der Waals surface area (Å²) in [5.74, 6) is -11.5. The predicted molar refractivity (Wildman–Crippen MR) is 448 cm³/mol. The van der Waals surface area contributed by atoms with Crippen LogP contribution in [0.25, 0.3) is 10.9 Å². The quantitative estimate of drug-likeness (QED) is 0.0129. The lowest BCUT2D eigenvalue weighted by Crippen LogP contribution is -2.60. The van der Waals surface area contributed by atoms with E-state index in [0.717, 1.165) is 10.9 Å². The van der Waals surface area contributed by atoms with E-state index in [9.17, 15) is 77.0 Å². The summed E-state index contributed by atoms with van der Waals surface area (Å²) in [5, 5.41) is 42.5. The summed E-state index contributed by atoms with van der Waals surface area (Å²) >= 11 is 1.36. The highest BCUT2D eigenvalue weighted by Crippen LogP contribution is 2.26. The number of nitrogens with one attached hydrogen (secondary N) is 13. The lowest BCUT2D eigenvalue weighted by Gasteiger charge is -2.28. The molecule has 2 fully saturated rings. The Morgan fingerprint density at radius 3 is 1.46 bits per heavy atom. The Kier molecular flexibility index (Phi) is 46.3. The molecule has 1 aromatic heterocycles. The number of unbranched alkanes of at least 4 members (excludes halogenated alkanes) is 5. The number of aromatic nitrogens is 1. The topological polar surface area (TPSA) is 685 Å². The van der Waals surface area contributed by atoms with E-state index >= 15 is 0 Å². The highest BCUT2D eigenvalue weighted by Gasteiger charge is 2.52. The van der Waals surface area contributed by atoms with Crippen LogP contribution in [0.1, 0.15) is 175 Å². The molecular formula is C77H130N24O17S. The van der Waals surface area contributed by atoms with Crippen LogP contribution >= 0.6 is 11.8 Å². The molecule has 4 rings (SSSR count). The largest absolute Gasteiger partial charge is 0.480 e. The first-order valence-corrected chi connectivity index (χ1v) is 42.4. The third-order valence-corrected chi connectivity index (χ3v) is 20.3. The number of fused-ring (bicyclic) bond motifs is 1. The van der Waals surface area contributed by atoms with Gasteiger partial charge in [0.2, 0.25) is 70.9 Å². The first-order valence-electron chi connectivity index (χ1n) is 41.0. The SMILES string of the molecule is CSCC[C@@H](NC(=O)[C@@H](CCCN=C(N)N)NC(=O)[C@@H](CCCN=C(N)N)NC(=O)CCCCCNC(=O)CNC(=O)CNC(=O)[C@@H](CC(C)C)NC(=O)[C@H]1O[C@@H]1C(=O)N[C@@H](CC(C)C)C(=O)N1CCC[C@H]1C(=O)O)C(=O)N[C@H](CCCCN)C(=O)N[C@H](Cc1c[nH]c2ccccc12)C(=O)N[C@H](CCCCN)C(=O)N[C@H](CCCCN)C(N)=O. The van der Waals surface area contributed by atoms with Crippen molar-refractivity contribution >= 4 is 123 Å². The molecule has 30 N–H and O–H groups in total. The van der Waals surface area contributed by atoms with Crippen molar-refractivity contribution < 1.29 is 81.8 Å². The second-order valence-corrected chi connectivity index (χ2v) is 31.5. The van der Waals surface area contributed by atoms with Crippen molar-refractivity contribution in [2.45, 2.75) is 248 Å². The fourth-order valence-corrected chi connectivity index (χ4v) is 13.8. The number of guanidine groups is 2. The number of nitrogens with zero attached hydrogens (tertiary/aromatic N) is 3. The second-order valence-electron chi connectivity index (χ2n) is 30.5. The average molecular weight is 1700 g/mol. The first kappa shape index (κ1) is 101. The molecule has 2 aliphatic heterocycles. The number of hydrogen-bond acceptors (Lipinski definition) is 22. The van der Waals surface area contributed by atoms with Crippen LogP contribution in [0.5, 0.6) is 0 Å². The molecular weight excluding hydrogens is 1570 g/mol.